The van der Waals surface area contributed by atoms with Crippen LogP contribution in [0.25, 0.3) is 0 Å². The molecule has 5 amide bonds. The van der Waals surface area contributed by atoms with Gasteiger partial charge in [-0.05, 0) is 77.1 Å². The molecular weight excluding hydrogens is 600 g/mol. The molecule has 0 aromatic heterocycles. The van der Waals surface area contributed by atoms with Crippen LogP contribution in [0.1, 0.15) is 66.2 Å². The van der Waals surface area contributed by atoms with Crippen LogP contribution < -0.4 is 20.7 Å². The fourth-order valence-corrected chi connectivity index (χ4v) is 6.07. The monoisotopic (exact) mass is 642 g/mol. The lowest BCUT2D eigenvalue weighted by atomic mass is 10.0. The van der Waals surface area contributed by atoms with Crippen LogP contribution in [-0.2, 0) is 40.3 Å². The Morgan fingerprint density at radius 3 is 2.24 bits per heavy atom. The van der Waals surface area contributed by atoms with Crippen LogP contribution in [0.15, 0.2) is 66.7 Å². The van der Waals surface area contributed by atoms with E-state index in [-0.39, 0.29) is 42.4 Å². The number of carbonyl (C=O) groups excluding carboxylic acids is 4. The van der Waals surface area contributed by atoms with Crippen molar-refractivity contribution in [1.29, 1.82) is 0 Å². The standard InChI is InChI=1S/C35H42N4O6Si/c1-35(2,3)46(4,5)45-22-24-8-6-23(7-9-24)21-44-28-13-11-27(12-14-28)37-34(43)36-19-25-10-15-29-26(18-25)20-39(33(29)42)30-16-17-31(40)38-32(30)41/h6-15,18,30H,16-17,19-22H2,1-5H3,(H2,36,37,43)(H,38,40,41). The van der Waals surface area contributed by atoms with Crippen molar-refractivity contribution in [3.05, 3.63) is 94.5 Å². The predicted molar refractivity (Wildman–Crippen MR) is 178 cm³/mol. The number of anilines is 1. The van der Waals surface area contributed by atoms with Crippen molar-refractivity contribution in [2.45, 2.75) is 84.1 Å². The molecule has 2 heterocycles. The third-order valence-corrected chi connectivity index (χ3v) is 13.5. The number of nitrogens with one attached hydrogen (secondary N) is 3. The molecule has 2 aliphatic heterocycles. The van der Waals surface area contributed by atoms with E-state index in [1.807, 2.05) is 18.2 Å². The summed E-state index contributed by atoms with van der Waals surface area (Å²) in [6.45, 7) is 12.8. The van der Waals surface area contributed by atoms with E-state index in [4.69, 9.17) is 9.16 Å². The first-order chi connectivity index (χ1) is 21.8. The van der Waals surface area contributed by atoms with Crippen LogP contribution in [-0.4, -0.2) is 43.0 Å². The number of hydrogen-bond acceptors (Lipinski definition) is 6. The number of ether oxygens (including phenoxy) is 1. The number of urea groups is 1. The van der Waals surface area contributed by atoms with Crippen molar-refractivity contribution in [3.63, 3.8) is 0 Å². The number of fused-ring (bicyclic) bond motifs is 1. The van der Waals surface area contributed by atoms with Crippen LogP contribution >= 0.6 is 0 Å². The predicted octanol–water partition coefficient (Wildman–Crippen LogP) is 5.87. The van der Waals surface area contributed by atoms with Gasteiger partial charge < -0.3 is 24.7 Å². The van der Waals surface area contributed by atoms with Crippen molar-refractivity contribution < 1.29 is 28.3 Å². The van der Waals surface area contributed by atoms with Gasteiger partial charge in [0.1, 0.15) is 18.4 Å². The number of imide groups is 1. The SMILES string of the molecule is CC(C)(C)[Si](C)(C)OCc1ccc(COc2ccc(NC(=O)NCc3ccc4c(c3)CN(C3CCC(=O)NC3=O)C4=O)cc2)cc1. The highest BCUT2D eigenvalue weighted by atomic mass is 28.4. The summed E-state index contributed by atoms with van der Waals surface area (Å²) in [6.07, 6.45) is 0.521. The fourth-order valence-electron chi connectivity index (χ4n) is 5.11. The minimum atomic E-state index is -1.80. The first-order valence-corrected chi connectivity index (χ1v) is 18.5. The van der Waals surface area contributed by atoms with Crippen LogP contribution in [0.3, 0.4) is 0 Å². The van der Waals surface area contributed by atoms with Gasteiger partial charge in [0.25, 0.3) is 5.91 Å². The molecule has 1 unspecified atom stereocenters. The fraction of sp³-hybridized carbons (Fsp3) is 0.371. The summed E-state index contributed by atoms with van der Waals surface area (Å²) in [5.41, 5.74) is 4.96. The molecule has 0 aliphatic carbocycles. The molecule has 3 N–H and O–H groups in total. The van der Waals surface area contributed by atoms with Gasteiger partial charge in [-0.1, -0.05) is 57.2 Å². The number of rotatable bonds is 10. The molecular formula is C35H42N4O6Si. The maximum absolute atomic E-state index is 12.9. The Labute approximate surface area is 271 Å². The number of benzene rings is 3. The Morgan fingerprint density at radius 2 is 1.59 bits per heavy atom. The Kier molecular flexibility index (Phi) is 9.64. The minimum Gasteiger partial charge on any atom is -0.489 e. The van der Waals surface area contributed by atoms with E-state index >= 15 is 0 Å². The zero-order chi connectivity index (χ0) is 33.1. The lowest BCUT2D eigenvalue weighted by Gasteiger charge is -2.36. The van der Waals surface area contributed by atoms with Crippen molar-refractivity contribution in [2.75, 3.05) is 5.32 Å². The van der Waals surface area contributed by atoms with Crippen molar-refractivity contribution >= 4 is 37.8 Å². The third kappa shape index (κ3) is 7.83. The molecule has 3 aromatic carbocycles. The van der Waals surface area contributed by atoms with Gasteiger partial charge in [-0.25, -0.2) is 4.79 Å². The summed E-state index contributed by atoms with van der Waals surface area (Å²) in [6, 6.07) is 19.8. The van der Waals surface area contributed by atoms with Gasteiger partial charge in [0.2, 0.25) is 11.8 Å². The second-order valence-corrected chi connectivity index (χ2v) is 18.2. The molecule has 1 fully saturated rings. The smallest absolute Gasteiger partial charge is 0.319 e. The highest BCUT2D eigenvalue weighted by Crippen LogP contribution is 2.37. The average molecular weight is 643 g/mol. The molecule has 242 valence electrons. The van der Waals surface area contributed by atoms with Gasteiger partial charge in [0.05, 0.1) is 6.61 Å². The van der Waals surface area contributed by atoms with Crippen LogP contribution in [0, 0.1) is 0 Å². The summed E-state index contributed by atoms with van der Waals surface area (Å²) in [4.78, 5) is 50.7. The van der Waals surface area contributed by atoms with Crippen molar-refractivity contribution in [3.8, 4) is 5.75 Å². The molecule has 10 nitrogen and oxygen atoms in total. The summed E-state index contributed by atoms with van der Waals surface area (Å²) in [5, 5.41) is 8.14. The first kappa shape index (κ1) is 32.9. The molecule has 2 aliphatic rings. The van der Waals surface area contributed by atoms with Crippen molar-refractivity contribution in [2.24, 2.45) is 0 Å². The van der Waals surface area contributed by atoms with Gasteiger partial charge in [-0.3, -0.25) is 19.7 Å². The van der Waals surface area contributed by atoms with E-state index in [0.717, 1.165) is 22.3 Å². The van der Waals surface area contributed by atoms with Gasteiger partial charge >= 0.3 is 6.03 Å². The normalized spacial score (nSPS) is 16.6. The largest absolute Gasteiger partial charge is 0.489 e. The lowest BCUT2D eigenvalue weighted by molar-refractivity contribution is -0.136. The van der Waals surface area contributed by atoms with Gasteiger partial charge in [-0.15, -0.1) is 0 Å². The highest BCUT2D eigenvalue weighted by molar-refractivity contribution is 6.74. The zero-order valence-corrected chi connectivity index (χ0v) is 28.1. The quantitative estimate of drug-likeness (QED) is 0.188. The Bertz CT molecular complexity index is 1620. The van der Waals surface area contributed by atoms with Crippen molar-refractivity contribution in [1.82, 2.24) is 15.5 Å². The summed E-state index contributed by atoms with van der Waals surface area (Å²) >= 11 is 0. The molecule has 1 saturated heterocycles. The molecule has 11 heteroatoms. The second-order valence-electron chi connectivity index (χ2n) is 13.4. The van der Waals surface area contributed by atoms with E-state index in [2.05, 4.69) is 74.1 Å². The average Bonchev–Trinajstić information content (AvgIpc) is 3.33. The van der Waals surface area contributed by atoms with E-state index in [9.17, 15) is 19.2 Å². The van der Waals surface area contributed by atoms with E-state index in [0.29, 0.717) is 36.6 Å². The number of hydrogen-bond donors (Lipinski definition) is 3. The molecule has 3 aromatic rings. The number of amides is 5. The van der Waals surface area contributed by atoms with Gasteiger partial charge in [-0.2, -0.15) is 0 Å². The van der Waals surface area contributed by atoms with E-state index < -0.39 is 20.3 Å². The van der Waals surface area contributed by atoms with E-state index in [1.165, 1.54) is 4.90 Å². The Morgan fingerprint density at radius 1 is 0.935 bits per heavy atom. The Hall–Kier alpha value is -4.48. The van der Waals surface area contributed by atoms with Crippen LogP contribution in [0.4, 0.5) is 10.5 Å². The minimum absolute atomic E-state index is 0.175. The second kappa shape index (κ2) is 13.5. The molecule has 0 spiro atoms. The Balaban J connectivity index is 1.06. The first-order valence-electron chi connectivity index (χ1n) is 15.5. The molecule has 5 rings (SSSR count). The molecule has 46 heavy (non-hydrogen) atoms. The zero-order valence-electron chi connectivity index (χ0n) is 27.1. The van der Waals surface area contributed by atoms with Crippen LogP contribution in [0.2, 0.25) is 18.1 Å². The summed E-state index contributed by atoms with van der Waals surface area (Å²) < 4.78 is 12.3. The molecule has 1 atom stereocenters. The highest BCUT2D eigenvalue weighted by Gasteiger charge is 2.39. The molecule has 0 radical (unpaired) electrons. The molecule has 0 saturated carbocycles. The number of carbonyl (C=O) groups is 4. The maximum Gasteiger partial charge on any atom is 0.319 e. The van der Waals surface area contributed by atoms with Gasteiger partial charge in [0, 0.05) is 30.8 Å². The van der Waals surface area contributed by atoms with Gasteiger partial charge in [0.15, 0.2) is 8.32 Å². The number of piperidine rings is 1. The third-order valence-electron chi connectivity index (χ3n) is 8.99. The summed E-state index contributed by atoms with van der Waals surface area (Å²) in [7, 11) is -1.80. The maximum atomic E-state index is 12.9. The topological polar surface area (TPSA) is 126 Å². The number of nitrogens with zero attached hydrogens (tertiary/aromatic N) is 1. The summed E-state index contributed by atoms with van der Waals surface area (Å²) in [5.74, 6) is -0.295. The lowest BCUT2D eigenvalue weighted by Crippen LogP contribution is -2.52. The molecule has 0 bridgehead atoms. The van der Waals surface area contributed by atoms with E-state index in [1.54, 1.807) is 24.3 Å². The van der Waals surface area contributed by atoms with Crippen LogP contribution in [0.5, 0.6) is 5.75 Å².